The molecule has 1 saturated heterocycles. The summed E-state index contributed by atoms with van der Waals surface area (Å²) in [6, 6.07) is 7.64. The molecule has 0 amide bonds. The van der Waals surface area contributed by atoms with Gasteiger partial charge in [0.05, 0.1) is 13.2 Å². The zero-order valence-corrected chi connectivity index (χ0v) is 11.9. The van der Waals surface area contributed by atoms with Crippen LogP contribution in [0.5, 0.6) is 0 Å². The van der Waals surface area contributed by atoms with Crippen molar-refractivity contribution in [3.05, 3.63) is 34.3 Å². The van der Waals surface area contributed by atoms with Crippen molar-refractivity contribution in [2.75, 3.05) is 19.7 Å². The van der Waals surface area contributed by atoms with Crippen LogP contribution in [-0.2, 0) is 0 Å². The lowest BCUT2D eigenvalue weighted by Gasteiger charge is -2.33. The third-order valence-electron chi connectivity index (χ3n) is 3.48. The van der Waals surface area contributed by atoms with E-state index in [1.54, 1.807) is 0 Å². The Morgan fingerprint density at radius 3 is 2.89 bits per heavy atom. The molecule has 1 aliphatic heterocycles. The van der Waals surface area contributed by atoms with Gasteiger partial charge < -0.3 is 5.11 Å². The molecule has 1 unspecified atom stereocenters. The molecule has 1 aliphatic rings. The molecular weight excluding hydrogens is 294 g/mol. The quantitative estimate of drug-likeness (QED) is 0.868. The van der Waals surface area contributed by atoms with Crippen molar-refractivity contribution in [1.29, 1.82) is 0 Å². The first-order chi connectivity index (χ1) is 8.72. The van der Waals surface area contributed by atoms with E-state index < -0.39 is 0 Å². The minimum Gasteiger partial charge on any atom is -0.395 e. The molecule has 98 valence electrons. The molecule has 0 saturated carbocycles. The van der Waals surface area contributed by atoms with Gasteiger partial charge in [0.2, 0.25) is 0 Å². The Morgan fingerprint density at radius 2 is 2.17 bits per heavy atom. The van der Waals surface area contributed by atoms with E-state index in [0.717, 1.165) is 35.8 Å². The van der Waals surface area contributed by atoms with Crippen LogP contribution in [0.2, 0.25) is 0 Å². The van der Waals surface area contributed by atoms with Crippen molar-refractivity contribution in [3.8, 4) is 0 Å². The van der Waals surface area contributed by atoms with Gasteiger partial charge in [-0.25, -0.2) is 0 Å². The molecule has 1 heterocycles. The van der Waals surface area contributed by atoms with Crippen molar-refractivity contribution in [3.63, 3.8) is 0 Å². The lowest BCUT2D eigenvalue weighted by Crippen LogP contribution is -2.44. The molecule has 1 fully saturated rings. The lowest BCUT2D eigenvalue weighted by molar-refractivity contribution is 0.0711. The van der Waals surface area contributed by atoms with Crippen LogP contribution in [0.15, 0.2) is 28.7 Å². The summed E-state index contributed by atoms with van der Waals surface area (Å²) in [5.41, 5.74) is 0.722. The predicted molar refractivity (Wildman–Crippen MR) is 74.8 cm³/mol. The Kier molecular flexibility index (Phi) is 4.92. The fourth-order valence-electron chi connectivity index (χ4n) is 2.43. The first-order valence-electron chi connectivity index (χ1n) is 6.35. The Labute approximate surface area is 116 Å². The minimum absolute atomic E-state index is 0.114. The number of aliphatic hydroxyl groups excluding tert-OH is 1. The highest BCUT2D eigenvalue weighted by atomic mass is 79.9. The SMILES string of the molecule is O=C(CN1CCCCC1CO)c1ccccc1Br. The molecule has 0 bridgehead atoms. The number of piperidine rings is 1. The van der Waals surface area contributed by atoms with E-state index in [0.29, 0.717) is 6.54 Å². The third kappa shape index (κ3) is 3.19. The van der Waals surface area contributed by atoms with Crippen LogP contribution in [-0.4, -0.2) is 41.5 Å². The zero-order chi connectivity index (χ0) is 13.0. The molecule has 4 heteroatoms. The zero-order valence-electron chi connectivity index (χ0n) is 10.3. The van der Waals surface area contributed by atoms with Crippen LogP contribution >= 0.6 is 15.9 Å². The highest BCUT2D eigenvalue weighted by Gasteiger charge is 2.24. The second-order valence-electron chi connectivity index (χ2n) is 4.71. The van der Waals surface area contributed by atoms with E-state index in [2.05, 4.69) is 20.8 Å². The summed E-state index contributed by atoms with van der Waals surface area (Å²) in [5, 5.41) is 9.34. The van der Waals surface area contributed by atoms with Crippen molar-refractivity contribution >= 4 is 21.7 Å². The molecule has 2 rings (SSSR count). The van der Waals surface area contributed by atoms with Crippen LogP contribution in [0.4, 0.5) is 0 Å². The Hall–Kier alpha value is -0.710. The van der Waals surface area contributed by atoms with Crippen molar-refractivity contribution in [2.24, 2.45) is 0 Å². The fourth-order valence-corrected chi connectivity index (χ4v) is 2.94. The number of carbonyl (C=O) groups excluding carboxylic acids is 1. The number of halogens is 1. The maximum Gasteiger partial charge on any atom is 0.177 e. The van der Waals surface area contributed by atoms with Gasteiger partial charge in [-0.15, -0.1) is 0 Å². The lowest BCUT2D eigenvalue weighted by atomic mass is 10.0. The van der Waals surface area contributed by atoms with Gasteiger partial charge >= 0.3 is 0 Å². The number of likely N-dealkylation sites (tertiary alicyclic amines) is 1. The van der Waals surface area contributed by atoms with Gasteiger partial charge in [-0.3, -0.25) is 9.69 Å². The van der Waals surface area contributed by atoms with E-state index >= 15 is 0 Å². The van der Waals surface area contributed by atoms with Crippen LogP contribution in [0.1, 0.15) is 29.6 Å². The van der Waals surface area contributed by atoms with Gasteiger partial charge in [0.25, 0.3) is 0 Å². The van der Waals surface area contributed by atoms with Crippen molar-refractivity contribution in [1.82, 2.24) is 4.90 Å². The summed E-state index contributed by atoms with van der Waals surface area (Å²) >= 11 is 3.41. The number of nitrogens with zero attached hydrogens (tertiary/aromatic N) is 1. The topological polar surface area (TPSA) is 40.5 Å². The number of rotatable bonds is 4. The second-order valence-corrected chi connectivity index (χ2v) is 5.56. The van der Waals surface area contributed by atoms with E-state index in [-0.39, 0.29) is 18.4 Å². The molecule has 0 aromatic heterocycles. The smallest absolute Gasteiger partial charge is 0.177 e. The number of hydrogen-bond donors (Lipinski definition) is 1. The Balaban J connectivity index is 2.04. The number of benzene rings is 1. The van der Waals surface area contributed by atoms with Gasteiger partial charge in [-0.05, 0) is 25.5 Å². The van der Waals surface area contributed by atoms with Crippen LogP contribution in [0.25, 0.3) is 0 Å². The number of ketones is 1. The number of aliphatic hydroxyl groups is 1. The number of carbonyl (C=O) groups is 1. The highest BCUT2D eigenvalue weighted by Crippen LogP contribution is 2.20. The molecule has 18 heavy (non-hydrogen) atoms. The van der Waals surface area contributed by atoms with Gasteiger partial charge in [0.15, 0.2) is 5.78 Å². The summed E-state index contributed by atoms with van der Waals surface area (Å²) in [6.45, 7) is 1.44. The molecular formula is C14H18BrNO2. The summed E-state index contributed by atoms with van der Waals surface area (Å²) in [5.74, 6) is 0.114. The second kappa shape index (κ2) is 6.45. The Bertz CT molecular complexity index is 422. The van der Waals surface area contributed by atoms with Gasteiger partial charge in [-0.2, -0.15) is 0 Å². The van der Waals surface area contributed by atoms with Gasteiger partial charge in [0, 0.05) is 16.1 Å². The highest BCUT2D eigenvalue weighted by molar-refractivity contribution is 9.10. The molecule has 1 aromatic rings. The van der Waals surface area contributed by atoms with Crippen LogP contribution in [0, 0.1) is 0 Å². The monoisotopic (exact) mass is 311 g/mol. The predicted octanol–water partition coefficient (Wildman–Crippen LogP) is 2.48. The van der Waals surface area contributed by atoms with E-state index in [1.807, 2.05) is 24.3 Å². The van der Waals surface area contributed by atoms with E-state index in [1.165, 1.54) is 0 Å². The molecule has 1 atom stereocenters. The average Bonchev–Trinajstić information content (AvgIpc) is 2.39. The van der Waals surface area contributed by atoms with Gasteiger partial charge in [-0.1, -0.05) is 40.5 Å². The van der Waals surface area contributed by atoms with Crippen molar-refractivity contribution < 1.29 is 9.90 Å². The molecule has 1 aromatic carbocycles. The average molecular weight is 312 g/mol. The molecule has 0 radical (unpaired) electrons. The summed E-state index contributed by atoms with van der Waals surface area (Å²) < 4.78 is 0.840. The molecule has 1 N–H and O–H groups in total. The maximum atomic E-state index is 12.2. The van der Waals surface area contributed by atoms with E-state index in [4.69, 9.17) is 0 Å². The minimum atomic E-state index is 0.114. The largest absolute Gasteiger partial charge is 0.395 e. The third-order valence-corrected chi connectivity index (χ3v) is 4.17. The van der Waals surface area contributed by atoms with Crippen molar-refractivity contribution in [2.45, 2.75) is 25.3 Å². The summed E-state index contributed by atoms with van der Waals surface area (Å²) in [4.78, 5) is 14.3. The number of hydrogen-bond acceptors (Lipinski definition) is 3. The molecule has 0 spiro atoms. The first-order valence-corrected chi connectivity index (χ1v) is 7.14. The molecule has 3 nitrogen and oxygen atoms in total. The number of Topliss-reactive ketones (excluding diaryl/α,β-unsaturated/α-hetero) is 1. The van der Waals surface area contributed by atoms with Crippen LogP contribution < -0.4 is 0 Å². The van der Waals surface area contributed by atoms with Gasteiger partial charge in [0.1, 0.15) is 0 Å². The van der Waals surface area contributed by atoms with Crippen LogP contribution in [0.3, 0.4) is 0 Å². The maximum absolute atomic E-state index is 12.2. The fraction of sp³-hybridized carbons (Fsp3) is 0.500. The van der Waals surface area contributed by atoms with E-state index in [9.17, 15) is 9.90 Å². The standard InChI is InChI=1S/C14H18BrNO2/c15-13-7-2-1-6-12(13)14(18)9-16-8-4-3-5-11(16)10-17/h1-2,6-7,11,17H,3-5,8-10H2. The Morgan fingerprint density at radius 1 is 1.39 bits per heavy atom. The molecule has 0 aliphatic carbocycles. The normalized spacial score (nSPS) is 20.9. The first kappa shape index (κ1) is 13.7. The summed E-state index contributed by atoms with van der Waals surface area (Å²) in [6.07, 6.45) is 3.24. The summed E-state index contributed by atoms with van der Waals surface area (Å²) in [7, 11) is 0.